The molecule has 0 spiro atoms. The summed E-state index contributed by atoms with van der Waals surface area (Å²) in [6.07, 6.45) is 0.807. The Labute approximate surface area is 133 Å². The van der Waals surface area contributed by atoms with E-state index >= 15 is 0 Å². The van der Waals surface area contributed by atoms with E-state index < -0.39 is 0 Å². The SMILES string of the molecule is NCc1sc(Cc2ccc(Cl)cc2)nc1-c1ccccc1. The fraction of sp³-hybridized carbons (Fsp3) is 0.118. The quantitative estimate of drug-likeness (QED) is 0.769. The van der Waals surface area contributed by atoms with E-state index in [1.54, 1.807) is 11.3 Å². The minimum atomic E-state index is 0.516. The minimum absolute atomic E-state index is 0.516. The van der Waals surface area contributed by atoms with Crippen LogP contribution < -0.4 is 5.73 Å². The van der Waals surface area contributed by atoms with Crippen LogP contribution in [0.3, 0.4) is 0 Å². The number of aromatic nitrogens is 1. The van der Waals surface area contributed by atoms with Gasteiger partial charge in [-0.25, -0.2) is 4.98 Å². The zero-order chi connectivity index (χ0) is 14.7. The van der Waals surface area contributed by atoms with Gasteiger partial charge in [-0.1, -0.05) is 54.1 Å². The Morgan fingerprint density at radius 2 is 1.71 bits per heavy atom. The Balaban J connectivity index is 1.91. The molecule has 0 bridgehead atoms. The Hall–Kier alpha value is -1.68. The van der Waals surface area contributed by atoms with Crippen molar-refractivity contribution in [2.24, 2.45) is 5.73 Å². The van der Waals surface area contributed by atoms with Crippen LogP contribution in [0.4, 0.5) is 0 Å². The molecule has 0 radical (unpaired) electrons. The number of benzene rings is 2. The molecule has 2 aromatic carbocycles. The third-order valence-corrected chi connectivity index (χ3v) is 4.57. The van der Waals surface area contributed by atoms with Gasteiger partial charge in [0.1, 0.15) is 0 Å². The third-order valence-electron chi connectivity index (χ3n) is 3.24. The van der Waals surface area contributed by atoms with E-state index in [-0.39, 0.29) is 0 Å². The molecule has 0 aliphatic carbocycles. The highest BCUT2D eigenvalue weighted by atomic mass is 35.5. The van der Waals surface area contributed by atoms with Gasteiger partial charge in [-0.05, 0) is 17.7 Å². The van der Waals surface area contributed by atoms with Gasteiger partial charge in [0.25, 0.3) is 0 Å². The molecule has 0 aliphatic heterocycles. The fourth-order valence-corrected chi connectivity index (χ4v) is 3.34. The summed E-state index contributed by atoms with van der Waals surface area (Å²) in [6, 6.07) is 18.1. The summed E-state index contributed by atoms with van der Waals surface area (Å²) in [6.45, 7) is 0.516. The molecular weight excluding hydrogens is 300 g/mol. The molecule has 3 rings (SSSR count). The number of rotatable bonds is 4. The Bertz CT molecular complexity index is 720. The lowest BCUT2D eigenvalue weighted by molar-refractivity contribution is 1.09. The monoisotopic (exact) mass is 314 g/mol. The second kappa shape index (κ2) is 6.39. The fourth-order valence-electron chi connectivity index (χ4n) is 2.21. The normalized spacial score (nSPS) is 10.8. The molecule has 0 unspecified atom stereocenters. The highest BCUT2D eigenvalue weighted by molar-refractivity contribution is 7.12. The Kier molecular flexibility index (Phi) is 4.34. The van der Waals surface area contributed by atoms with Crippen molar-refractivity contribution in [2.45, 2.75) is 13.0 Å². The van der Waals surface area contributed by atoms with Gasteiger partial charge in [-0.3, -0.25) is 0 Å². The van der Waals surface area contributed by atoms with Crippen LogP contribution in [0.2, 0.25) is 5.02 Å². The molecule has 0 saturated carbocycles. The number of nitrogens with zero attached hydrogens (tertiary/aromatic N) is 1. The summed E-state index contributed by atoms with van der Waals surface area (Å²) in [5.74, 6) is 0. The van der Waals surface area contributed by atoms with Crippen molar-refractivity contribution in [3.8, 4) is 11.3 Å². The van der Waals surface area contributed by atoms with E-state index in [0.29, 0.717) is 6.54 Å². The predicted octanol–water partition coefficient (Wildman–Crippen LogP) is 4.51. The highest BCUT2D eigenvalue weighted by Gasteiger charge is 2.12. The van der Waals surface area contributed by atoms with E-state index in [1.165, 1.54) is 5.56 Å². The van der Waals surface area contributed by atoms with E-state index in [9.17, 15) is 0 Å². The topological polar surface area (TPSA) is 38.9 Å². The maximum Gasteiger partial charge on any atom is 0.0979 e. The van der Waals surface area contributed by atoms with Crippen molar-refractivity contribution in [3.63, 3.8) is 0 Å². The predicted molar refractivity (Wildman–Crippen MR) is 89.7 cm³/mol. The second-order valence-electron chi connectivity index (χ2n) is 4.75. The van der Waals surface area contributed by atoms with E-state index in [1.807, 2.05) is 42.5 Å². The smallest absolute Gasteiger partial charge is 0.0979 e. The molecule has 1 aromatic heterocycles. The summed E-state index contributed by atoms with van der Waals surface area (Å²) < 4.78 is 0. The first-order valence-electron chi connectivity index (χ1n) is 6.75. The maximum absolute atomic E-state index is 5.92. The summed E-state index contributed by atoms with van der Waals surface area (Å²) in [5.41, 5.74) is 9.20. The summed E-state index contributed by atoms with van der Waals surface area (Å²) in [5, 5.41) is 1.84. The molecule has 0 saturated heterocycles. The number of thiazole rings is 1. The molecule has 0 aliphatic rings. The van der Waals surface area contributed by atoms with Gasteiger partial charge in [-0.2, -0.15) is 0 Å². The van der Waals surface area contributed by atoms with E-state index in [2.05, 4.69) is 12.1 Å². The van der Waals surface area contributed by atoms with E-state index in [0.717, 1.165) is 32.6 Å². The number of hydrogen-bond donors (Lipinski definition) is 1. The molecule has 0 amide bonds. The summed E-state index contributed by atoms with van der Waals surface area (Å²) in [4.78, 5) is 5.90. The van der Waals surface area contributed by atoms with Crippen molar-refractivity contribution < 1.29 is 0 Å². The van der Waals surface area contributed by atoms with Gasteiger partial charge in [0.2, 0.25) is 0 Å². The van der Waals surface area contributed by atoms with E-state index in [4.69, 9.17) is 22.3 Å². The largest absolute Gasteiger partial charge is 0.326 e. The molecule has 0 atom stereocenters. The van der Waals surface area contributed by atoms with Crippen LogP contribution in [0.25, 0.3) is 11.3 Å². The Morgan fingerprint density at radius 1 is 1.00 bits per heavy atom. The van der Waals surface area contributed by atoms with Crippen LogP contribution >= 0.6 is 22.9 Å². The first-order valence-corrected chi connectivity index (χ1v) is 7.94. The average Bonchev–Trinajstić information content (AvgIpc) is 2.93. The summed E-state index contributed by atoms with van der Waals surface area (Å²) >= 11 is 7.60. The van der Waals surface area contributed by atoms with Crippen LogP contribution in [-0.4, -0.2) is 4.98 Å². The Morgan fingerprint density at radius 3 is 2.38 bits per heavy atom. The van der Waals surface area contributed by atoms with Crippen molar-refractivity contribution in [1.29, 1.82) is 0 Å². The van der Waals surface area contributed by atoms with Gasteiger partial charge in [0, 0.05) is 28.4 Å². The van der Waals surface area contributed by atoms with Crippen molar-refractivity contribution in [1.82, 2.24) is 4.98 Å². The lowest BCUT2D eigenvalue weighted by Crippen LogP contribution is -1.95. The zero-order valence-electron chi connectivity index (χ0n) is 11.4. The van der Waals surface area contributed by atoms with Gasteiger partial charge < -0.3 is 5.73 Å². The molecule has 4 heteroatoms. The summed E-state index contributed by atoms with van der Waals surface area (Å²) in [7, 11) is 0. The van der Waals surface area contributed by atoms with Gasteiger partial charge in [-0.15, -0.1) is 11.3 Å². The van der Waals surface area contributed by atoms with Crippen LogP contribution in [0.5, 0.6) is 0 Å². The van der Waals surface area contributed by atoms with Gasteiger partial charge >= 0.3 is 0 Å². The molecule has 106 valence electrons. The van der Waals surface area contributed by atoms with Crippen molar-refractivity contribution in [2.75, 3.05) is 0 Å². The lowest BCUT2D eigenvalue weighted by atomic mass is 10.1. The van der Waals surface area contributed by atoms with Crippen LogP contribution in [-0.2, 0) is 13.0 Å². The van der Waals surface area contributed by atoms with Crippen LogP contribution in [0.15, 0.2) is 54.6 Å². The first-order chi connectivity index (χ1) is 10.3. The van der Waals surface area contributed by atoms with Crippen LogP contribution in [0.1, 0.15) is 15.4 Å². The number of halogens is 1. The third kappa shape index (κ3) is 3.32. The zero-order valence-corrected chi connectivity index (χ0v) is 13.0. The van der Waals surface area contributed by atoms with Gasteiger partial charge in [0.05, 0.1) is 10.7 Å². The lowest BCUT2D eigenvalue weighted by Gasteiger charge is -1.99. The molecule has 0 fully saturated rings. The highest BCUT2D eigenvalue weighted by Crippen LogP contribution is 2.29. The number of hydrogen-bond acceptors (Lipinski definition) is 3. The van der Waals surface area contributed by atoms with Crippen molar-refractivity contribution >= 4 is 22.9 Å². The molecule has 2 nitrogen and oxygen atoms in total. The molecule has 21 heavy (non-hydrogen) atoms. The molecular formula is C17H15ClN2S. The van der Waals surface area contributed by atoms with Crippen molar-refractivity contribution in [3.05, 3.63) is 75.1 Å². The minimum Gasteiger partial charge on any atom is -0.326 e. The molecule has 2 N–H and O–H groups in total. The van der Waals surface area contributed by atoms with Crippen LogP contribution in [0, 0.1) is 0 Å². The molecule has 3 aromatic rings. The number of nitrogens with two attached hydrogens (primary N) is 1. The van der Waals surface area contributed by atoms with Gasteiger partial charge in [0.15, 0.2) is 0 Å². The standard InChI is InChI=1S/C17H15ClN2S/c18-14-8-6-12(7-9-14)10-16-20-17(15(11-19)21-16)13-4-2-1-3-5-13/h1-9H,10-11,19H2. The average molecular weight is 315 g/mol. The first kappa shape index (κ1) is 14.3. The second-order valence-corrected chi connectivity index (χ2v) is 6.36. The maximum atomic E-state index is 5.92. The molecule has 1 heterocycles.